The van der Waals surface area contributed by atoms with Gasteiger partial charge in [0.1, 0.15) is 18.2 Å². The molecule has 0 spiro atoms. The second-order valence-electron chi connectivity index (χ2n) is 7.99. The van der Waals surface area contributed by atoms with Crippen LogP contribution in [-0.2, 0) is 9.53 Å². The predicted octanol–water partition coefficient (Wildman–Crippen LogP) is 3.86. The van der Waals surface area contributed by atoms with Crippen LogP contribution in [0, 0.1) is 19.7 Å². The van der Waals surface area contributed by atoms with Crippen LogP contribution in [-0.4, -0.2) is 43.0 Å². The first-order chi connectivity index (χ1) is 16.8. The molecule has 0 unspecified atom stereocenters. The monoisotopic (exact) mass is 477 g/mol. The molecule has 0 saturated carbocycles. The number of aromatic nitrogens is 1. The summed E-state index contributed by atoms with van der Waals surface area (Å²) in [4.78, 5) is 39.9. The lowest BCUT2D eigenvalue weighted by atomic mass is 10.0. The summed E-state index contributed by atoms with van der Waals surface area (Å²) in [7, 11) is 1.31. The first kappa shape index (κ1) is 23.7. The van der Waals surface area contributed by atoms with Crippen LogP contribution in [0.15, 0.2) is 42.5 Å². The number of anilines is 1. The summed E-state index contributed by atoms with van der Waals surface area (Å²) in [6, 6.07) is 10.6. The van der Waals surface area contributed by atoms with Crippen LogP contribution in [0.4, 0.5) is 10.1 Å². The average molecular weight is 477 g/mol. The Morgan fingerprint density at radius 1 is 1.11 bits per heavy atom. The largest absolute Gasteiger partial charge is 0.492 e. The van der Waals surface area contributed by atoms with E-state index >= 15 is 0 Å². The highest BCUT2D eigenvalue weighted by atomic mass is 19.1. The molecule has 2 heterocycles. The number of hydrogen-bond acceptors (Lipinski definition) is 5. The molecule has 0 aliphatic carbocycles. The van der Waals surface area contributed by atoms with Crippen molar-refractivity contribution in [3.8, 4) is 5.75 Å². The minimum Gasteiger partial charge on any atom is -0.492 e. The number of H-pyrrole nitrogens is 1. The smallest absolute Gasteiger partial charge is 0.337 e. The number of hydrogen-bond donors (Lipinski definition) is 3. The average Bonchev–Trinajstić information content (AvgIpc) is 3.30. The zero-order valence-electron chi connectivity index (χ0n) is 19.5. The number of aryl methyl sites for hydroxylation is 1. The van der Waals surface area contributed by atoms with Crippen LogP contribution in [0.5, 0.6) is 5.75 Å². The van der Waals surface area contributed by atoms with E-state index in [9.17, 15) is 18.8 Å². The van der Waals surface area contributed by atoms with E-state index in [0.717, 1.165) is 0 Å². The molecule has 8 nitrogen and oxygen atoms in total. The van der Waals surface area contributed by atoms with Crippen molar-refractivity contribution in [3.63, 3.8) is 0 Å². The molecule has 35 heavy (non-hydrogen) atoms. The molecule has 0 atom stereocenters. The van der Waals surface area contributed by atoms with Crippen LogP contribution in [0.1, 0.15) is 43.2 Å². The maximum atomic E-state index is 13.7. The Bertz CT molecular complexity index is 1340. The number of carbonyl (C=O) groups is 3. The lowest BCUT2D eigenvalue weighted by Crippen LogP contribution is -2.28. The summed E-state index contributed by atoms with van der Waals surface area (Å²) in [5.74, 6) is -0.928. The maximum Gasteiger partial charge on any atom is 0.337 e. The Morgan fingerprint density at radius 2 is 1.86 bits per heavy atom. The number of nitrogens with one attached hydrogen (secondary N) is 3. The van der Waals surface area contributed by atoms with Crippen LogP contribution in [0.25, 0.3) is 11.6 Å². The van der Waals surface area contributed by atoms with Crippen LogP contribution in [0.2, 0.25) is 0 Å². The number of fused-ring (bicyclic) bond motifs is 1. The van der Waals surface area contributed by atoms with Gasteiger partial charge < -0.3 is 25.1 Å². The van der Waals surface area contributed by atoms with Crippen molar-refractivity contribution >= 4 is 35.1 Å². The van der Waals surface area contributed by atoms with E-state index in [1.165, 1.54) is 25.3 Å². The highest BCUT2D eigenvalue weighted by Crippen LogP contribution is 2.34. The molecule has 2 aromatic carbocycles. The van der Waals surface area contributed by atoms with Gasteiger partial charge in [-0.1, -0.05) is 0 Å². The number of amides is 2. The van der Waals surface area contributed by atoms with Crippen molar-refractivity contribution in [2.75, 3.05) is 25.6 Å². The SMILES string of the molecule is COC(=O)c1ccc(OCCNC(=O)c2c(C)[nH]c(C=C3C(=O)Nc4ccc(F)cc43)c2C)cc1. The molecule has 3 N–H and O–H groups in total. The Balaban J connectivity index is 1.41. The Labute approximate surface area is 201 Å². The van der Waals surface area contributed by atoms with Crippen LogP contribution < -0.4 is 15.4 Å². The maximum absolute atomic E-state index is 13.7. The third kappa shape index (κ3) is 4.93. The molecule has 3 aromatic rings. The zero-order valence-corrected chi connectivity index (χ0v) is 19.5. The van der Waals surface area contributed by atoms with Gasteiger partial charge in [0.2, 0.25) is 0 Å². The number of methoxy groups -OCH3 is 1. The van der Waals surface area contributed by atoms with E-state index in [0.29, 0.717) is 50.7 Å². The van der Waals surface area contributed by atoms with Crippen molar-refractivity contribution < 1.29 is 28.2 Å². The third-order valence-corrected chi connectivity index (χ3v) is 5.69. The van der Waals surface area contributed by atoms with E-state index in [1.54, 1.807) is 44.2 Å². The van der Waals surface area contributed by atoms with Crippen molar-refractivity contribution in [2.45, 2.75) is 13.8 Å². The van der Waals surface area contributed by atoms with Gasteiger partial charge in [0.05, 0.1) is 30.4 Å². The summed E-state index contributed by atoms with van der Waals surface area (Å²) >= 11 is 0. The highest BCUT2D eigenvalue weighted by Gasteiger charge is 2.26. The number of ether oxygens (including phenoxy) is 2. The molecule has 1 aliphatic rings. The van der Waals surface area contributed by atoms with Gasteiger partial charge in [-0.2, -0.15) is 0 Å². The Hall–Kier alpha value is -4.40. The number of carbonyl (C=O) groups excluding carboxylic acids is 3. The number of esters is 1. The number of benzene rings is 2. The lowest BCUT2D eigenvalue weighted by molar-refractivity contribution is -0.110. The first-order valence-electron chi connectivity index (χ1n) is 10.9. The number of aromatic amines is 1. The fourth-order valence-corrected chi connectivity index (χ4v) is 3.93. The van der Waals surface area contributed by atoms with Crippen LogP contribution >= 0.6 is 0 Å². The van der Waals surface area contributed by atoms with E-state index in [4.69, 9.17) is 4.74 Å². The molecule has 1 aliphatic heterocycles. The molecule has 4 rings (SSSR count). The molecule has 180 valence electrons. The summed E-state index contributed by atoms with van der Waals surface area (Å²) < 4.78 is 24.0. The molecule has 2 amide bonds. The summed E-state index contributed by atoms with van der Waals surface area (Å²) in [5.41, 5.74) is 4.14. The second-order valence-corrected chi connectivity index (χ2v) is 7.99. The Kier molecular flexibility index (Phi) is 6.68. The second kappa shape index (κ2) is 9.84. The predicted molar refractivity (Wildman–Crippen MR) is 129 cm³/mol. The van der Waals surface area contributed by atoms with E-state index in [1.807, 2.05) is 0 Å². The molecule has 1 aromatic heterocycles. The van der Waals surface area contributed by atoms with Crippen molar-refractivity contribution in [3.05, 3.63) is 81.9 Å². The number of rotatable bonds is 7. The van der Waals surface area contributed by atoms with Crippen molar-refractivity contribution in [1.29, 1.82) is 0 Å². The molecule has 0 saturated heterocycles. The van der Waals surface area contributed by atoms with Gasteiger partial charge in [-0.15, -0.1) is 0 Å². The van der Waals surface area contributed by atoms with Gasteiger partial charge in [0.15, 0.2) is 0 Å². The van der Waals surface area contributed by atoms with Gasteiger partial charge in [0.25, 0.3) is 11.8 Å². The fraction of sp³-hybridized carbons (Fsp3) is 0.192. The van der Waals surface area contributed by atoms with Gasteiger partial charge >= 0.3 is 5.97 Å². The van der Waals surface area contributed by atoms with Crippen molar-refractivity contribution in [2.24, 2.45) is 0 Å². The van der Waals surface area contributed by atoms with Gasteiger partial charge in [-0.05, 0) is 68.0 Å². The van der Waals surface area contributed by atoms with E-state index in [2.05, 4.69) is 20.4 Å². The third-order valence-electron chi connectivity index (χ3n) is 5.69. The minimum absolute atomic E-state index is 0.227. The first-order valence-corrected chi connectivity index (χ1v) is 10.9. The molecular weight excluding hydrogens is 453 g/mol. The summed E-state index contributed by atoms with van der Waals surface area (Å²) in [6.07, 6.45) is 1.63. The molecule has 9 heteroatoms. The fourth-order valence-electron chi connectivity index (χ4n) is 3.93. The standard InChI is InChI=1S/C26H24FN3O5/c1-14-22(13-20-19-12-17(27)6-9-21(19)30-24(20)31)29-15(2)23(14)25(32)28-10-11-35-18-7-4-16(5-8-18)26(33)34-3/h4-9,12-13,29H,10-11H2,1-3H3,(H,28,32)(H,30,31). The van der Waals surface area contributed by atoms with E-state index < -0.39 is 11.8 Å². The van der Waals surface area contributed by atoms with Gasteiger partial charge in [-0.25, -0.2) is 9.18 Å². The minimum atomic E-state index is -0.438. The van der Waals surface area contributed by atoms with Gasteiger partial charge in [-0.3, -0.25) is 9.59 Å². The molecule has 0 radical (unpaired) electrons. The topological polar surface area (TPSA) is 110 Å². The lowest BCUT2D eigenvalue weighted by Gasteiger charge is -2.09. The number of halogens is 1. The molecule has 0 fully saturated rings. The Morgan fingerprint density at radius 3 is 2.57 bits per heavy atom. The van der Waals surface area contributed by atoms with Crippen molar-refractivity contribution in [1.82, 2.24) is 10.3 Å². The quantitative estimate of drug-likeness (QED) is 0.272. The summed E-state index contributed by atoms with van der Waals surface area (Å²) in [6.45, 7) is 4.04. The zero-order chi connectivity index (χ0) is 25.1. The molecule has 0 bridgehead atoms. The highest BCUT2D eigenvalue weighted by molar-refractivity contribution is 6.34. The van der Waals surface area contributed by atoms with E-state index in [-0.39, 0.29) is 25.0 Å². The van der Waals surface area contributed by atoms with Crippen LogP contribution in [0.3, 0.4) is 0 Å². The summed E-state index contributed by atoms with van der Waals surface area (Å²) in [5, 5.41) is 5.53. The normalized spacial score (nSPS) is 13.4. The van der Waals surface area contributed by atoms with Gasteiger partial charge in [0, 0.05) is 22.6 Å². The molecular formula is C26H24FN3O5.